The number of phenolic OH excluding ortho intramolecular Hbond substituents is 1. The number of hydrogen-bond donors (Lipinski definition) is 2. The molecule has 3 aromatic rings. The topological polar surface area (TPSA) is 66.0 Å². The van der Waals surface area contributed by atoms with Crippen LogP contribution in [-0.2, 0) is 0 Å². The monoisotopic (exact) mass is 322 g/mol. The Kier molecular flexibility index (Phi) is 4.14. The first kappa shape index (κ1) is 16.2. The van der Waals surface area contributed by atoms with Crippen molar-refractivity contribution in [3.05, 3.63) is 57.9 Å². The van der Waals surface area contributed by atoms with Crippen LogP contribution < -0.4 is 5.56 Å². The highest BCUT2D eigenvalue weighted by Gasteiger charge is 2.18. The molecule has 0 amide bonds. The van der Waals surface area contributed by atoms with Crippen molar-refractivity contribution in [2.75, 3.05) is 0 Å². The summed E-state index contributed by atoms with van der Waals surface area (Å²) in [6.07, 6.45) is 0. The molecule has 4 heteroatoms. The largest absolute Gasteiger partial charge is 0.507 e. The summed E-state index contributed by atoms with van der Waals surface area (Å²) in [4.78, 5) is 12.0. The molecule has 0 radical (unpaired) electrons. The Balaban J connectivity index is 2.35. The Labute approximate surface area is 141 Å². The van der Waals surface area contributed by atoms with E-state index < -0.39 is 0 Å². The molecule has 4 nitrogen and oxygen atoms in total. The highest BCUT2D eigenvalue weighted by Crippen LogP contribution is 2.38. The summed E-state index contributed by atoms with van der Waals surface area (Å²) in [5.41, 5.74) is 3.24. The van der Waals surface area contributed by atoms with E-state index in [0.717, 1.165) is 27.8 Å². The third-order valence-electron chi connectivity index (χ3n) is 4.38. The number of phenols is 1. The van der Waals surface area contributed by atoms with Crippen LogP contribution in [0.15, 0.2) is 41.2 Å². The molecule has 0 aliphatic rings. The molecule has 0 atom stereocenters. The van der Waals surface area contributed by atoms with Crippen LogP contribution in [0.25, 0.3) is 22.0 Å². The van der Waals surface area contributed by atoms with Gasteiger partial charge < -0.3 is 5.11 Å². The van der Waals surface area contributed by atoms with Gasteiger partial charge >= 0.3 is 0 Å². The van der Waals surface area contributed by atoms with E-state index in [-0.39, 0.29) is 17.4 Å². The van der Waals surface area contributed by atoms with E-state index in [1.807, 2.05) is 30.3 Å². The van der Waals surface area contributed by atoms with Gasteiger partial charge in [0.1, 0.15) is 5.75 Å². The second kappa shape index (κ2) is 6.11. The molecule has 0 spiro atoms. The zero-order chi connectivity index (χ0) is 17.4. The van der Waals surface area contributed by atoms with Gasteiger partial charge in [0.15, 0.2) is 0 Å². The summed E-state index contributed by atoms with van der Waals surface area (Å²) in [6.45, 7) is 8.23. The van der Waals surface area contributed by atoms with Gasteiger partial charge in [0.05, 0.1) is 11.1 Å². The van der Waals surface area contributed by atoms with Gasteiger partial charge in [0, 0.05) is 10.9 Å². The van der Waals surface area contributed by atoms with Crippen LogP contribution in [-0.4, -0.2) is 15.3 Å². The fourth-order valence-corrected chi connectivity index (χ4v) is 3.03. The quantitative estimate of drug-likeness (QED) is 0.744. The second-order valence-electron chi connectivity index (χ2n) is 6.76. The number of benzene rings is 2. The van der Waals surface area contributed by atoms with Gasteiger partial charge in [-0.1, -0.05) is 45.9 Å². The third kappa shape index (κ3) is 2.68. The molecular weight excluding hydrogens is 300 g/mol. The zero-order valence-corrected chi connectivity index (χ0v) is 14.4. The lowest BCUT2D eigenvalue weighted by molar-refractivity contribution is 0.454. The molecule has 2 aromatic carbocycles. The van der Waals surface area contributed by atoms with Crippen molar-refractivity contribution in [3.8, 4) is 17.0 Å². The highest BCUT2D eigenvalue weighted by atomic mass is 16.3. The highest BCUT2D eigenvalue weighted by molar-refractivity contribution is 5.94. The van der Waals surface area contributed by atoms with Crippen LogP contribution in [0, 0.1) is 0 Å². The average molecular weight is 322 g/mol. The zero-order valence-electron chi connectivity index (χ0n) is 14.4. The van der Waals surface area contributed by atoms with Crippen LogP contribution >= 0.6 is 0 Å². The standard InChI is InChI=1S/C20H22N2O2/c1-11(2)16-9-13(10-17(12(3)4)19(16)23)18-14-7-5-6-8-15(14)20(24)22-21-18/h5-12,23H,1-4H3,(H,22,24). The van der Waals surface area contributed by atoms with Crippen LogP contribution in [0.4, 0.5) is 0 Å². The van der Waals surface area contributed by atoms with Gasteiger partial charge in [-0.2, -0.15) is 5.10 Å². The number of nitrogens with zero attached hydrogens (tertiary/aromatic N) is 1. The van der Waals surface area contributed by atoms with E-state index in [2.05, 4.69) is 37.9 Å². The molecule has 0 aliphatic carbocycles. The van der Waals surface area contributed by atoms with E-state index in [0.29, 0.717) is 11.1 Å². The SMILES string of the molecule is CC(C)c1cc(-c2n[nH]c(=O)c3ccccc23)cc(C(C)C)c1O. The van der Waals surface area contributed by atoms with E-state index >= 15 is 0 Å². The van der Waals surface area contributed by atoms with Gasteiger partial charge in [-0.15, -0.1) is 0 Å². The van der Waals surface area contributed by atoms with Crippen molar-refractivity contribution >= 4 is 10.8 Å². The number of aromatic nitrogens is 2. The molecule has 0 saturated carbocycles. The van der Waals surface area contributed by atoms with Crippen molar-refractivity contribution in [1.29, 1.82) is 0 Å². The summed E-state index contributed by atoms with van der Waals surface area (Å²) >= 11 is 0. The maximum Gasteiger partial charge on any atom is 0.272 e. The van der Waals surface area contributed by atoms with Gasteiger partial charge in [-0.25, -0.2) is 5.10 Å². The molecule has 0 fully saturated rings. The Morgan fingerprint density at radius 3 is 2.04 bits per heavy atom. The van der Waals surface area contributed by atoms with Crippen molar-refractivity contribution in [1.82, 2.24) is 10.2 Å². The fraction of sp³-hybridized carbons (Fsp3) is 0.300. The van der Waals surface area contributed by atoms with E-state index in [4.69, 9.17) is 0 Å². The maximum atomic E-state index is 12.0. The van der Waals surface area contributed by atoms with E-state index in [1.165, 1.54) is 0 Å². The smallest absolute Gasteiger partial charge is 0.272 e. The number of rotatable bonds is 3. The van der Waals surface area contributed by atoms with Crippen LogP contribution in [0.2, 0.25) is 0 Å². The minimum absolute atomic E-state index is 0.191. The Morgan fingerprint density at radius 1 is 0.958 bits per heavy atom. The first-order valence-electron chi connectivity index (χ1n) is 8.24. The predicted molar refractivity (Wildman–Crippen MR) is 97.6 cm³/mol. The van der Waals surface area contributed by atoms with Crippen LogP contribution in [0.3, 0.4) is 0 Å². The normalized spacial score (nSPS) is 11.6. The van der Waals surface area contributed by atoms with Gasteiger partial charge in [0.25, 0.3) is 5.56 Å². The molecule has 3 rings (SSSR count). The van der Waals surface area contributed by atoms with Gasteiger partial charge in [-0.05, 0) is 41.2 Å². The molecule has 0 saturated heterocycles. The van der Waals surface area contributed by atoms with Crippen LogP contribution in [0.5, 0.6) is 5.75 Å². The summed E-state index contributed by atoms with van der Waals surface area (Å²) in [6, 6.07) is 11.4. The molecule has 1 aromatic heterocycles. The van der Waals surface area contributed by atoms with Crippen molar-refractivity contribution < 1.29 is 5.11 Å². The summed E-state index contributed by atoms with van der Waals surface area (Å²) in [7, 11) is 0. The molecule has 0 unspecified atom stereocenters. The minimum atomic E-state index is -0.193. The second-order valence-corrected chi connectivity index (χ2v) is 6.76. The predicted octanol–water partition coefficient (Wildman–Crippen LogP) is 4.54. The summed E-state index contributed by atoms with van der Waals surface area (Å²) < 4.78 is 0. The fourth-order valence-electron chi connectivity index (χ4n) is 3.03. The van der Waals surface area contributed by atoms with Crippen molar-refractivity contribution in [2.45, 2.75) is 39.5 Å². The van der Waals surface area contributed by atoms with Crippen molar-refractivity contribution in [3.63, 3.8) is 0 Å². The van der Waals surface area contributed by atoms with E-state index in [1.54, 1.807) is 6.07 Å². The molecule has 124 valence electrons. The van der Waals surface area contributed by atoms with Crippen molar-refractivity contribution in [2.24, 2.45) is 0 Å². The van der Waals surface area contributed by atoms with Crippen LogP contribution in [0.1, 0.15) is 50.7 Å². The van der Waals surface area contributed by atoms with E-state index in [9.17, 15) is 9.90 Å². The lowest BCUT2D eigenvalue weighted by atomic mass is 9.90. The number of hydrogen-bond acceptors (Lipinski definition) is 3. The maximum absolute atomic E-state index is 12.0. The molecule has 0 bridgehead atoms. The molecule has 1 heterocycles. The number of fused-ring (bicyclic) bond motifs is 1. The lowest BCUT2D eigenvalue weighted by Gasteiger charge is -2.17. The number of nitrogens with one attached hydrogen (secondary N) is 1. The summed E-state index contributed by atoms with van der Waals surface area (Å²) in [5.74, 6) is 0.741. The number of aromatic amines is 1. The van der Waals surface area contributed by atoms with Gasteiger partial charge in [-0.3, -0.25) is 4.79 Å². The molecule has 0 aliphatic heterocycles. The molecular formula is C20H22N2O2. The lowest BCUT2D eigenvalue weighted by Crippen LogP contribution is -2.09. The Hall–Kier alpha value is -2.62. The minimum Gasteiger partial charge on any atom is -0.507 e. The Morgan fingerprint density at radius 2 is 1.50 bits per heavy atom. The molecule has 24 heavy (non-hydrogen) atoms. The molecule has 2 N–H and O–H groups in total. The van der Waals surface area contributed by atoms with Gasteiger partial charge in [0.2, 0.25) is 0 Å². The average Bonchev–Trinajstić information content (AvgIpc) is 2.55. The third-order valence-corrected chi connectivity index (χ3v) is 4.38. The Bertz CT molecular complexity index is 926. The number of H-pyrrole nitrogens is 1. The number of aromatic hydroxyl groups is 1. The first-order chi connectivity index (χ1) is 11.4. The summed E-state index contributed by atoms with van der Waals surface area (Å²) in [5, 5.41) is 18.9. The first-order valence-corrected chi connectivity index (χ1v) is 8.24.